The van der Waals surface area contributed by atoms with E-state index in [-0.39, 0.29) is 11.8 Å². The molecule has 0 fully saturated rings. The van der Waals surface area contributed by atoms with Gasteiger partial charge in [0.2, 0.25) is 5.91 Å². The first-order valence-electron chi connectivity index (χ1n) is 6.12. The van der Waals surface area contributed by atoms with Crippen LogP contribution in [0, 0.1) is 5.92 Å². The number of carbonyl (C=O) groups is 1. The van der Waals surface area contributed by atoms with Gasteiger partial charge in [-0.05, 0) is 33.5 Å². The van der Waals surface area contributed by atoms with Crippen LogP contribution < -0.4 is 5.73 Å². The average Bonchev–Trinajstić information content (AvgIpc) is 2.24. The Labute approximate surface area is 99.8 Å². The summed E-state index contributed by atoms with van der Waals surface area (Å²) in [4.78, 5) is 15.9. The van der Waals surface area contributed by atoms with E-state index in [0.717, 1.165) is 32.4 Å². The fraction of sp³-hybridized carbons (Fsp3) is 0.917. The topological polar surface area (TPSA) is 49.6 Å². The summed E-state index contributed by atoms with van der Waals surface area (Å²) in [6.07, 6.45) is 2.92. The maximum atomic E-state index is 12.0. The number of hydrogen-bond acceptors (Lipinski definition) is 3. The summed E-state index contributed by atoms with van der Waals surface area (Å²) < 4.78 is 0. The zero-order valence-electron chi connectivity index (χ0n) is 11.2. The molecule has 16 heavy (non-hydrogen) atoms. The average molecular weight is 229 g/mol. The van der Waals surface area contributed by atoms with Crippen LogP contribution in [0.2, 0.25) is 0 Å². The third-order valence-corrected chi connectivity index (χ3v) is 2.75. The van der Waals surface area contributed by atoms with Crippen molar-refractivity contribution in [1.29, 1.82) is 0 Å². The van der Waals surface area contributed by atoms with Crippen molar-refractivity contribution in [2.45, 2.75) is 26.2 Å². The Bertz CT molecular complexity index is 195. The highest BCUT2D eigenvalue weighted by atomic mass is 16.2. The van der Waals surface area contributed by atoms with Gasteiger partial charge in [0.15, 0.2) is 0 Å². The lowest BCUT2D eigenvalue weighted by atomic mass is 10.0. The molecule has 0 aromatic rings. The third kappa shape index (κ3) is 6.08. The zero-order valence-corrected chi connectivity index (χ0v) is 11.2. The first-order chi connectivity index (χ1) is 7.52. The van der Waals surface area contributed by atoms with Crippen LogP contribution in [0.1, 0.15) is 26.2 Å². The van der Waals surface area contributed by atoms with Crippen LogP contribution >= 0.6 is 0 Å². The minimum Gasteiger partial charge on any atom is -0.345 e. The van der Waals surface area contributed by atoms with Crippen molar-refractivity contribution in [2.75, 3.05) is 40.8 Å². The zero-order chi connectivity index (χ0) is 12.6. The van der Waals surface area contributed by atoms with E-state index in [1.165, 1.54) is 0 Å². The molecule has 4 nitrogen and oxygen atoms in total. The van der Waals surface area contributed by atoms with Crippen molar-refractivity contribution in [3.05, 3.63) is 0 Å². The molecule has 0 aromatic heterocycles. The van der Waals surface area contributed by atoms with E-state index in [1.807, 2.05) is 26.0 Å². The Morgan fingerprint density at radius 3 is 2.31 bits per heavy atom. The molecule has 0 aliphatic carbocycles. The second kappa shape index (κ2) is 8.53. The molecule has 0 radical (unpaired) electrons. The largest absolute Gasteiger partial charge is 0.345 e. The molecule has 0 saturated heterocycles. The first kappa shape index (κ1) is 15.4. The van der Waals surface area contributed by atoms with Crippen molar-refractivity contribution in [3.8, 4) is 0 Å². The summed E-state index contributed by atoms with van der Waals surface area (Å²) in [5.74, 6) is 0.206. The first-order valence-corrected chi connectivity index (χ1v) is 6.12. The highest BCUT2D eigenvalue weighted by Gasteiger charge is 2.19. The quantitative estimate of drug-likeness (QED) is 0.669. The van der Waals surface area contributed by atoms with Crippen molar-refractivity contribution in [3.63, 3.8) is 0 Å². The molecule has 96 valence electrons. The molecule has 1 unspecified atom stereocenters. The number of nitrogens with two attached hydrogens (primary N) is 1. The summed E-state index contributed by atoms with van der Waals surface area (Å²) in [5, 5.41) is 0. The van der Waals surface area contributed by atoms with Crippen LogP contribution in [0.15, 0.2) is 0 Å². The van der Waals surface area contributed by atoms with Crippen LogP contribution in [0.4, 0.5) is 0 Å². The molecule has 0 aromatic carbocycles. The molecule has 2 N–H and O–H groups in total. The van der Waals surface area contributed by atoms with E-state index in [2.05, 4.69) is 11.8 Å². The van der Waals surface area contributed by atoms with Gasteiger partial charge in [-0.25, -0.2) is 0 Å². The van der Waals surface area contributed by atoms with Gasteiger partial charge < -0.3 is 15.5 Å². The fourth-order valence-corrected chi connectivity index (χ4v) is 1.74. The summed E-state index contributed by atoms with van der Waals surface area (Å²) >= 11 is 0. The standard InChI is InChI=1S/C12H27N3O/c1-5-7-11(10-13)12(16)15(4)9-6-8-14(2)3/h11H,5-10,13H2,1-4H3. The van der Waals surface area contributed by atoms with Gasteiger partial charge in [0, 0.05) is 20.1 Å². The molecule has 0 rings (SSSR count). The maximum absolute atomic E-state index is 12.0. The van der Waals surface area contributed by atoms with Gasteiger partial charge in [0.05, 0.1) is 5.92 Å². The lowest BCUT2D eigenvalue weighted by molar-refractivity contribution is -0.134. The van der Waals surface area contributed by atoms with Crippen LogP contribution in [-0.4, -0.2) is 56.5 Å². The number of nitrogens with zero attached hydrogens (tertiary/aromatic N) is 2. The molecular formula is C12H27N3O. The second-order valence-electron chi connectivity index (χ2n) is 4.64. The Kier molecular flexibility index (Phi) is 8.21. The summed E-state index contributed by atoms with van der Waals surface area (Å²) in [6, 6.07) is 0. The second-order valence-corrected chi connectivity index (χ2v) is 4.64. The van der Waals surface area contributed by atoms with Gasteiger partial charge >= 0.3 is 0 Å². The molecule has 0 saturated carbocycles. The molecule has 1 amide bonds. The highest BCUT2D eigenvalue weighted by Crippen LogP contribution is 2.08. The molecule has 0 spiro atoms. The number of carbonyl (C=O) groups excluding carboxylic acids is 1. The van der Waals surface area contributed by atoms with E-state index in [9.17, 15) is 4.79 Å². The monoisotopic (exact) mass is 229 g/mol. The fourth-order valence-electron chi connectivity index (χ4n) is 1.74. The normalized spacial score (nSPS) is 12.9. The summed E-state index contributed by atoms with van der Waals surface area (Å²) in [5.41, 5.74) is 5.62. The number of rotatable bonds is 8. The highest BCUT2D eigenvalue weighted by molar-refractivity contribution is 5.78. The molecule has 0 aliphatic heterocycles. The van der Waals surface area contributed by atoms with Crippen LogP contribution in [0.25, 0.3) is 0 Å². The molecular weight excluding hydrogens is 202 g/mol. The van der Waals surface area contributed by atoms with Gasteiger partial charge in [-0.2, -0.15) is 0 Å². The minimum atomic E-state index is 0.00866. The minimum absolute atomic E-state index is 0.00866. The van der Waals surface area contributed by atoms with Crippen molar-refractivity contribution in [1.82, 2.24) is 9.80 Å². The van der Waals surface area contributed by atoms with E-state index in [4.69, 9.17) is 5.73 Å². The predicted molar refractivity (Wildman–Crippen MR) is 68.3 cm³/mol. The Morgan fingerprint density at radius 1 is 1.25 bits per heavy atom. The Morgan fingerprint density at radius 2 is 1.88 bits per heavy atom. The predicted octanol–water partition coefficient (Wildman–Crippen LogP) is 0.772. The van der Waals surface area contributed by atoms with Crippen LogP contribution in [0.5, 0.6) is 0 Å². The lowest BCUT2D eigenvalue weighted by Crippen LogP contribution is -2.37. The van der Waals surface area contributed by atoms with E-state index in [0.29, 0.717) is 6.54 Å². The summed E-state index contributed by atoms with van der Waals surface area (Å²) in [6.45, 7) is 4.38. The maximum Gasteiger partial charge on any atom is 0.226 e. The SMILES string of the molecule is CCCC(CN)C(=O)N(C)CCCN(C)C. The van der Waals surface area contributed by atoms with Crippen LogP contribution in [0.3, 0.4) is 0 Å². The Hall–Kier alpha value is -0.610. The van der Waals surface area contributed by atoms with E-state index in [1.54, 1.807) is 0 Å². The van der Waals surface area contributed by atoms with Crippen molar-refractivity contribution in [2.24, 2.45) is 11.7 Å². The van der Waals surface area contributed by atoms with Crippen molar-refractivity contribution >= 4 is 5.91 Å². The summed E-state index contributed by atoms with van der Waals surface area (Å²) in [7, 11) is 5.96. The van der Waals surface area contributed by atoms with Crippen molar-refractivity contribution < 1.29 is 4.79 Å². The van der Waals surface area contributed by atoms with Gasteiger partial charge in [-0.15, -0.1) is 0 Å². The molecule has 0 aliphatic rings. The molecule has 0 heterocycles. The van der Waals surface area contributed by atoms with Gasteiger partial charge in [-0.1, -0.05) is 13.3 Å². The van der Waals surface area contributed by atoms with Gasteiger partial charge in [0.1, 0.15) is 0 Å². The van der Waals surface area contributed by atoms with E-state index < -0.39 is 0 Å². The number of hydrogen-bond donors (Lipinski definition) is 1. The third-order valence-electron chi connectivity index (χ3n) is 2.75. The van der Waals surface area contributed by atoms with E-state index >= 15 is 0 Å². The van der Waals surface area contributed by atoms with Gasteiger partial charge in [-0.3, -0.25) is 4.79 Å². The van der Waals surface area contributed by atoms with Gasteiger partial charge in [0.25, 0.3) is 0 Å². The lowest BCUT2D eigenvalue weighted by Gasteiger charge is -2.23. The smallest absolute Gasteiger partial charge is 0.226 e. The van der Waals surface area contributed by atoms with Crippen LogP contribution in [-0.2, 0) is 4.79 Å². The molecule has 1 atom stereocenters. The number of amides is 1. The molecule has 4 heteroatoms. The Balaban J connectivity index is 3.95. The molecule has 0 bridgehead atoms.